The van der Waals surface area contributed by atoms with Crippen molar-refractivity contribution in [1.29, 1.82) is 0 Å². The van der Waals surface area contributed by atoms with Gasteiger partial charge in [0.2, 0.25) is 11.5 Å². The lowest BCUT2D eigenvalue weighted by molar-refractivity contribution is -0.941. The summed E-state index contributed by atoms with van der Waals surface area (Å²) in [6.45, 7) is 3.47. The number of hydrogen-bond donors (Lipinski definition) is 4. The number of fused-ring (bicyclic) bond motifs is 4. The maximum Gasteiger partial charge on any atom is 0.352 e. The third-order valence-corrected chi connectivity index (χ3v) is 9.68. The average Bonchev–Trinajstić information content (AvgIpc) is 3.31. The largest absolute Gasteiger partial charge is 0.477 e. The highest BCUT2D eigenvalue weighted by Gasteiger charge is 2.56. The van der Waals surface area contributed by atoms with Gasteiger partial charge in [-0.2, -0.15) is 9.36 Å². The molecule has 36 heavy (non-hydrogen) atoms. The third kappa shape index (κ3) is 4.13. The predicted octanol–water partition coefficient (Wildman–Crippen LogP) is -0.798. The molecule has 6 rings (SSSR count). The number of carbonyl (C=O) groups excluding carboxylic acids is 2. The van der Waals surface area contributed by atoms with Crippen LogP contribution in [-0.2, 0) is 19.2 Å². The number of anilines is 1. The summed E-state index contributed by atoms with van der Waals surface area (Å²) in [7, 11) is 1.27. The number of rotatable bonds is 8. The van der Waals surface area contributed by atoms with Crippen LogP contribution in [0.1, 0.15) is 25.1 Å². The summed E-state index contributed by atoms with van der Waals surface area (Å²) in [5.74, 6) is -1.92. The van der Waals surface area contributed by atoms with Crippen LogP contribution in [0.15, 0.2) is 16.4 Å². The van der Waals surface area contributed by atoms with Crippen LogP contribution in [0.4, 0.5) is 5.13 Å². The van der Waals surface area contributed by atoms with Crippen LogP contribution < -0.4 is 11.1 Å². The molecule has 0 unspecified atom stereocenters. The van der Waals surface area contributed by atoms with Crippen molar-refractivity contribution >= 4 is 51.9 Å². The monoisotopic (exact) mass is 538 g/mol. The molecule has 4 saturated heterocycles. The number of nitrogens with two attached hydrogens (primary N) is 1. The van der Waals surface area contributed by atoms with Crippen molar-refractivity contribution in [1.82, 2.24) is 19.6 Å². The fraction of sp³-hybridized carbons (Fsp3) is 0.619. The Bertz CT molecular complexity index is 1140. The first-order chi connectivity index (χ1) is 17.2. The second kappa shape index (κ2) is 9.28. The van der Waals surface area contributed by atoms with Gasteiger partial charge in [0, 0.05) is 54.1 Å². The van der Waals surface area contributed by atoms with E-state index in [1.54, 1.807) is 0 Å². The topological polar surface area (TPSA) is 180 Å². The Morgan fingerprint density at radius 2 is 2.03 bits per heavy atom. The molecule has 13 nitrogen and oxygen atoms in total. The molecule has 0 aromatic carbocycles. The zero-order valence-electron chi connectivity index (χ0n) is 19.7. The Hall–Kier alpha value is -2.75. The molecule has 5 aliphatic heterocycles. The van der Waals surface area contributed by atoms with Crippen LogP contribution >= 0.6 is 23.3 Å². The Morgan fingerprint density at radius 3 is 2.58 bits per heavy atom. The summed E-state index contributed by atoms with van der Waals surface area (Å²) >= 11 is 2.33. The second-order valence-corrected chi connectivity index (χ2v) is 11.7. The number of aromatic nitrogens is 2. The molecular weight excluding hydrogens is 510 g/mol. The van der Waals surface area contributed by atoms with Crippen molar-refractivity contribution in [2.45, 2.75) is 30.7 Å². The molecule has 2 bridgehead atoms. The molecule has 2 amide bonds. The number of hydrogen-bond acceptors (Lipinski definition) is 11. The van der Waals surface area contributed by atoms with E-state index in [0.29, 0.717) is 12.3 Å². The summed E-state index contributed by atoms with van der Waals surface area (Å²) in [4.78, 5) is 48.2. The van der Waals surface area contributed by atoms with Gasteiger partial charge in [-0.25, -0.2) is 4.79 Å². The minimum atomic E-state index is -1.14. The van der Waals surface area contributed by atoms with Crippen LogP contribution in [0.5, 0.6) is 0 Å². The Morgan fingerprint density at radius 1 is 1.33 bits per heavy atom. The van der Waals surface area contributed by atoms with E-state index in [2.05, 4.69) is 19.8 Å². The first-order valence-corrected chi connectivity index (χ1v) is 13.4. The molecule has 6 heterocycles. The van der Waals surface area contributed by atoms with E-state index < -0.39 is 29.2 Å². The number of aliphatic carboxylic acids is 1. The third-order valence-electron chi connectivity index (χ3n) is 7.80. The lowest BCUT2D eigenvalue weighted by Gasteiger charge is -2.55. The summed E-state index contributed by atoms with van der Waals surface area (Å²) in [6, 6.07) is -0.918. The van der Waals surface area contributed by atoms with Crippen LogP contribution in [0.3, 0.4) is 0 Å². The van der Waals surface area contributed by atoms with Crippen molar-refractivity contribution in [3.8, 4) is 0 Å². The Balaban J connectivity index is 1.32. The van der Waals surface area contributed by atoms with Crippen LogP contribution in [0.25, 0.3) is 0 Å². The van der Waals surface area contributed by atoms with Gasteiger partial charge in [0.25, 0.3) is 11.8 Å². The van der Waals surface area contributed by atoms with Gasteiger partial charge in [-0.05, 0) is 0 Å². The number of thioether (sulfide) groups is 1. The van der Waals surface area contributed by atoms with Gasteiger partial charge in [-0.3, -0.25) is 14.5 Å². The number of oxime groups is 1. The van der Waals surface area contributed by atoms with E-state index in [0.717, 1.165) is 60.5 Å². The summed E-state index contributed by atoms with van der Waals surface area (Å²) < 4.78 is 4.76. The van der Waals surface area contributed by atoms with Crippen LogP contribution in [0.2, 0.25) is 0 Å². The minimum absolute atomic E-state index is 0.0139. The summed E-state index contributed by atoms with van der Waals surface area (Å²) in [5, 5.41) is 25.8. The zero-order valence-corrected chi connectivity index (χ0v) is 21.3. The number of β-lactam (4-membered cyclic amide) rings is 1. The molecule has 2 atom stereocenters. The van der Waals surface area contributed by atoms with E-state index in [9.17, 15) is 24.6 Å². The zero-order chi connectivity index (χ0) is 25.7. The molecule has 1 aromatic rings. The number of aliphatic hydroxyl groups is 1. The average molecular weight is 539 g/mol. The predicted molar refractivity (Wildman–Crippen MR) is 131 cm³/mol. The molecule has 0 saturated carbocycles. The SMILES string of the molecule is CO/N=C(\C(=O)N[C@@H]1C(=O)N2C(C(=O)O)=C(C[N+]34CCC(CO)(CC3)CC4)CS[C@@H]12)c1nsc(N)n1. The smallest absolute Gasteiger partial charge is 0.352 e. The fourth-order valence-corrected chi connectivity index (χ4v) is 7.40. The first-order valence-electron chi connectivity index (χ1n) is 11.6. The van der Waals surface area contributed by atoms with E-state index in [1.807, 2.05) is 0 Å². The lowest BCUT2D eigenvalue weighted by Crippen LogP contribution is -2.71. The van der Waals surface area contributed by atoms with Crippen LogP contribution in [0, 0.1) is 5.41 Å². The molecule has 15 heteroatoms. The second-order valence-electron chi connectivity index (χ2n) is 9.78. The maximum absolute atomic E-state index is 13.1. The minimum Gasteiger partial charge on any atom is -0.477 e. The first kappa shape index (κ1) is 24.9. The van der Waals surface area contributed by atoms with Gasteiger partial charge >= 0.3 is 5.97 Å². The van der Waals surface area contributed by atoms with Crippen molar-refractivity contribution in [2.24, 2.45) is 10.6 Å². The number of quaternary nitrogens is 1. The maximum atomic E-state index is 13.1. The van der Waals surface area contributed by atoms with Gasteiger partial charge in [0.15, 0.2) is 5.13 Å². The number of aliphatic hydroxyl groups excluding tert-OH is 1. The summed E-state index contributed by atoms with van der Waals surface area (Å²) in [6.07, 6.45) is 2.78. The van der Waals surface area contributed by atoms with Crippen molar-refractivity contribution in [2.75, 3.05) is 51.4 Å². The molecule has 4 fully saturated rings. The van der Waals surface area contributed by atoms with Crippen molar-refractivity contribution in [3.05, 3.63) is 17.1 Å². The number of nitrogens with one attached hydrogen (secondary N) is 1. The van der Waals surface area contributed by atoms with E-state index in [1.165, 1.54) is 23.8 Å². The Kier molecular flexibility index (Phi) is 6.43. The highest BCUT2D eigenvalue weighted by Crippen LogP contribution is 2.46. The standard InChI is InChI=1S/C21H27N7O6S2/c1-34-25-12(15-24-20(22)36-26-15)16(30)23-13-17(31)27-14(19(32)33)11(9-35-18(13)27)8-28-5-2-21(10-29,3-6-28)4-7-28/h13,18,29H,2-10H2,1H3,(H3-,22,23,24,26,30,32,33)/p+1/b25-12-/t13-,18+,21?,28?/m1/s1. The van der Waals surface area contributed by atoms with E-state index in [-0.39, 0.29) is 34.4 Å². The van der Waals surface area contributed by atoms with E-state index in [4.69, 9.17) is 10.6 Å². The van der Waals surface area contributed by atoms with Gasteiger partial charge in [-0.1, -0.05) is 5.16 Å². The number of carboxylic acids is 1. The lowest BCUT2D eigenvalue weighted by atomic mass is 9.71. The van der Waals surface area contributed by atoms with Crippen molar-refractivity contribution in [3.63, 3.8) is 0 Å². The molecule has 5 aliphatic rings. The van der Waals surface area contributed by atoms with Gasteiger partial charge in [0.05, 0.1) is 19.6 Å². The Labute approximate surface area is 215 Å². The molecular formula is C21H28N7O6S2+. The highest BCUT2D eigenvalue weighted by atomic mass is 32.2. The number of nitrogen functional groups attached to an aromatic ring is 1. The number of carbonyl (C=O) groups is 3. The van der Waals surface area contributed by atoms with Gasteiger partial charge < -0.3 is 30.6 Å². The molecule has 1 aromatic heterocycles. The molecule has 194 valence electrons. The number of piperidine rings is 3. The molecule has 0 aliphatic carbocycles. The number of amides is 2. The van der Waals surface area contributed by atoms with Gasteiger partial charge in [-0.15, -0.1) is 11.8 Å². The molecule has 0 spiro atoms. The van der Waals surface area contributed by atoms with Crippen LogP contribution in [-0.4, -0.2) is 110 Å². The summed E-state index contributed by atoms with van der Waals surface area (Å²) in [5.41, 5.74) is 6.15. The quantitative estimate of drug-likeness (QED) is 0.142. The van der Waals surface area contributed by atoms with Gasteiger partial charge in [0.1, 0.15) is 30.8 Å². The van der Waals surface area contributed by atoms with Crippen molar-refractivity contribution < 1.29 is 33.9 Å². The molecule has 0 radical (unpaired) electrons. The molecule has 5 N–H and O–H groups in total. The normalized spacial score (nSPS) is 31.7. The number of nitrogens with zero attached hydrogens (tertiary/aromatic N) is 5. The number of carboxylic acid groups (broad SMARTS) is 1. The van der Waals surface area contributed by atoms with E-state index >= 15 is 0 Å². The highest BCUT2D eigenvalue weighted by molar-refractivity contribution is 8.00. The fourth-order valence-electron chi connectivity index (χ4n) is 5.63.